The normalized spacial score (nSPS) is 17.2. The summed E-state index contributed by atoms with van der Waals surface area (Å²) < 4.78 is 54.1. The third-order valence-electron chi connectivity index (χ3n) is 3.71. The fourth-order valence-corrected chi connectivity index (χ4v) is 4.90. The molecule has 0 spiro atoms. The molecule has 1 aliphatic rings. The molecule has 24 heavy (non-hydrogen) atoms. The molecule has 0 amide bonds. The third kappa shape index (κ3) is 5.25. The van der Waals surface area contributed by atoms with Crippen LogP contribution in [0, 0.1) is 5.92 Å². The van der Waals surface area contributed by atoms with Crippen molar-refractivity contribution < 1.29 is 16.8 Å². The van der Waals surface area contributed by atoms with E-state index in [9.17, 15) is 16.8 Å². The Balaban J connectivity index is 2.13. The monoisotopic (exact) mass is 375 g/mol. The second-order valence-corrected chi connectivity index (χ2v) is 9.98. The molecule has 1 unspecified atom stereocenters. The number of hydrogen-bond donors (Lipinski definition) is 3. The summed E-state index contributed by atoms with van der Waals surface area (Å²) in [6.45, 7) is 4.18. The van der Waals surface area contributed by atoms with Gasteiger partial charge in [0.05, 0.1) is 9.79 Å². The van der Waals surface area contributed by atoms with Crippen molar-refractivity contribution >= 4 is 20.0 Å². The highest BCUT2D eigenvalue weighted by molar-refractivity contribution is 7.90. The van der Waals surface area contributed by atoms with Crippen LogP contribution in [0.2, 0.25) is 0 Å². The molecule has 0 saturated heterocycles. The standard InChI is InChI=1S/C15H25N3O4S2/c1-11(2)9-13(10-16)18-24(21,22)15-7-5-14(6-8-15)23(19,20)17-12-3-4-12/h5-8,11-13,17-18H,3-4,9-10,16H2,1-2H3. The summed E-state index contributed by atoms with van der Waals surface area (Å²) in [5.74, 6) is 0.308. The Morgan fingerprint density at radius 1 is 1.04 bits per heavy atom. The van der Waals surface area contributed by atoms with E-state index < -0.39 is 20.0 Å². The molecule has 7 nitrogen and oxygen atoms in total. The van der Waals surface area contributed by atoms with Gasteiger partial charge in [-0.05, 0) is 49.4 Å². The number of sulfonamides is 2. The number of benzene rings is 1. The van der Waals surface area contributed by atoms with E-state index in [0.717, 1.165) is 12.8 Å². The summed E-state index contributed by atoms with van der Waals surface area (Å²) in [6.07, 6.45) is 2.31. The lowest BCUT2D eigenvalue weighted by molar-refractivity contribution is 0.465. The Morgan fingerprint density at radius 3 is 1.96 bits per heavy atom. The van der Waals surface area contributed by atoms with Crippen LogP contribution in [0.5, 0.6) is 0 Å². The van der Waals surface area contributed by atoms with Crippen LogP contribution in [0.3, 0.4) is 0 Å². The van der Waals surface area contributed by atoms with Crippen LogP contribution in [-0.2, 0) is 20.0 Å². The first-order valence-corrected chi connectivity index (χ1v) is 11.0. The zero-order valence-electron chi connectivity index (χ0n) is 13.9. The van der Waals surface area contributed by atoms with Crippen LogP contribution >= 0.6 is 0 Å². The topological polar surface area (TPSA) is 118 Å². The number of nitrogens with one attached hydrogen (secondary N) is 2. The van der Waals surface area contributed by atoms with Gasteiger partial charge in [0.15, 0.2) is 0 Å². The maximum atomic E-state index is 12.4. The summed E-state index contributed by atoms with van der Waals surface area (Å²) in [5.41, 5.74) is 5.63. The molecule has 1 aromatic carbocycles. The van der Waals surface area contributed by atoms with Gasteiger partial charge in [-0.2, -0.15) is 0 Å². The molecular formula is C15H25N3O4S2. The van der Waals surface area contributed by atoms with E-state index >= 15 is 0 Å². The van der Waals surface area contributed by atoms with Gasteiger partial charge >= 0.3 is 0 Å². The molecule has 0 aliphatic heterocycles. The molecule has 1 aromatic rings. The summed E-state index contributed by atoms with van der Waals surface area (Å²) in [7, 11) is -7.32. The van der Waals surface area contributed by atoms with E-state index in [1.165, 1.54) is 24.3 Å². The van der Waals surface area contributed by atoms with E-state index in [2.05, 4.69) is 9.44 Å². The van der Waals surface area contributed by atoms with Gasteiger partial charge in [0.2, 0.25) is 20.0 Å². The van der Waals surface area contributed by atoms with Gasteiger partial charge in [-0.15, -0.1) is 0 Å². The average Bonchev–Trinajstić information content (AvgIpc) is 3.29. The van der Waals surface area contributed by atoms with Crippen molar-refractivity contribution in [1.29, 1.82) is 0 Å². The molecule has 1 saturated carbocycles. The highest BCUT2D eigenvalue weighted by atomic mass is 32.2. The molecule has 2 rings (SSSR count). The molecule has 1 fully saturated rings. The summed E-state index contributed by atoms with van der Waals surface area (Å²) >= 11 is 0. The zero-order valence-corrected chi connectivity index (χ0v) is 15.5. The van der Waals surface area contributed by atoms with Crippen molar-refractivity contribution in [2.75, 3.05) is 6.54 Å². The fourth-order valence-electron chi connectivity index (χ4n) is 2.34. The number of rotatable bonds is 9. The quantitative estimate of drug-likeness (QED) is 0.589. The summed E-state index contributed by atoms with van der Waals surface area (Å²) in [5, 5.41) is 0. The molecule has 4 N–H and O–H groups in total. The second kappa shape index (κ2) is 7.49. The van der Waals surface area contributed by atoms with Crippen LogP contribution in [0.1, 0.15) is 33.1 Å². The second-order valence-electron chi connectivity index (χ2n) is 6.55. The first kappa shape index (κ1) is 19.3. The van der Waals surface area contributed by atoms with E-state index in [1.54, 1.807) is 0 Å². The van der Waals surface area contributed by atoms with E-state index in [4.69, 9.17) is 5.73 Å². The van der Waals surface area contributed by atoms with Gasteiger partial charge in [0.1, 0.15) is 0 Å². The molecule has 0 heterocycles. The highest BCUT2D eigenvalue weighted by Crippen LogP contribution is 2.23. The van der Waals surface area contributed by atoms with Crippen LogP contribution < -0.4 is 15.2 Å². The van der Waals surface area contributed by atoms with Gasteiger partial charge in [-0.1, -0.05) is 13.8 Å². The lowest BCUT2D eigenvalue weighted by atomic mass is 10.1. The Labute approximate surface area is 144 Å². The predicted molar refractivity (Wildman–Crippen MR) is 92.4 cm³/mol. The molecular weight excluding hydrogens is 350 g/mol. The lowest BCUT2D eigenvalue weighted by Crippen LogP contribution is -2.40. The Bertz CT molecular complexity index is 754. The Hall–Kier alpha value is -1.00. The van der Waals surface area contributed by atoms with E-state index in [-0.39, 0.29) is 28.4 Å². The minimum absolute atomic E-state index is 0.00132. The zero-order chi connectivity index (χ0) is 18.0. The summed E-state index contributed by atoms with van der Waals surface area (Å²) in [6, 6.07) is 4.86. The minimum Gasteiger partial charge on any atom is -0.329 e. The maximum Gasteiger partial charge on any atom is 0.240 e. The van der Waals surface area contributed by atoms with Crippen LogP contribution in [0.4, 0.5) is 0 Å². The average molecular weight is 376 g/mol. The number of hydrogen-bond acceptors (Lipinski definition) is 5. The van der Waals surface area contributed by atoms with Gasteiger partial charge in [0.25, 0.3) is 0 Å². The lowest BCUT2D eigenvalue weighted by Gasteiger charge is -2.19. The van der Waals surface area contributed by atoms with Crippen molar-refractivity contribution in [2.45, 2.75) is 55.0 Å². The van der Waals surface area contributed by atoms with Gasteiger partial charge < -0.3 is 5.73 Å². The van der Waals surface area contributed by atoms with E-state index in [1.807, 2.05) is 13.8 Å². The molecule has 1 atom stereocenters. The number of nitrogens with two attached hydrogens (primary N) is 1. The molecule has 9 heteroatoms. The van der Waals surface area contributed by atoms with Crippen molar-refractivity contribution in [3.8, 4) is 0 Å². The van der Waals surface area contributed by atoms with Crippen LogP contribution in [0.15, 0.2) is 34.1 Å². The Kier molecular flexibility index (Phi) is 6.03. The summed E-state index contributed by atoms with van der Waals surface area (Å²) in [4.78, 5) is 0.0842. The largest absolute Gasteiger partial charge is 0.329 e. The Morgan fingerprint density at radius 2 is 1.54 bits per heavy atom. The maximum absolute atomic E-state index is 12.4. The minimum atomic E-state index is -3.74. The van der Waals surface area contributed by atoms with Crippen molar-refractivity contribution in [3.05, 3.63) is 24.3 Å². The first-order chi connectivity index (χ1) is 11.1. The molecule has 0 radical (unpaired) electrons. The van der Waals surface area contributed by atoms with Crippen molar-refractivity contribution in [3.63, 3.8) is 0 Å². The van der Waals surface area contributed by atoms with Crippen LogP contribution in [-0.4, -0.2) is 35.5 Å². The molecule has 0 aromatic heterocycles. The first-order valence-electron chi connectivity index (χ1n) is 7.99. The van der Waals surface area contributed by atoms with Crippen LogP contribution in [0.25, 0.3) is 0 Å². The van der Waals surface area contributed by atoms with E-state index in [0.29, 0.717) is 12.3 Å². The van der Waals surface area contributed by atoms with Crippen molar-refractivity contribution in [2.24, 2.45) is 11.7 Å². The third-order valence-corrected chi connectivity index (χ3v) is 6.78. The molecule has 0 bridgehead atoms. The molecule has 1 aliphatic carbocycles. The van der Waals surface area contributed by atoms with Gasteiger partial charge in [-0.25, -0.2) is 26.3 Å². The van der Waals surface area contributed by atoms with Gasteiger partial charge in [0, 0.05) is 18.6 Å². The smallest absolute Gasteiger partial charge is 0.240 e. The SMILES string of the molecule is CC(C)CC(CN)NS(=O)(=O)c1ccc(S(=O)(=O)NC2CC2)cc1. The molecule has 136 valence electrons. The highest BCUT2D eigenvalue weighted by Gasteiger charge is 2.28. The fraction of sp³-hybridized carbons (Fsp3) is 0.600. The predicted octanol–water partition coefficient (Wildman–Crippen LogP) is 0.779. The van der Waals surface area contributed by atoms with Crippen molar-refractivity contribution in [1.82, 2.24) is 9.44 Å². The van der Waals surface area contributed by atoms with Gasteiger partial charge in [-0.3, -0.25) is 0 Å².